The summed E-state index contributed by atoms with van der Waals surface area (Å²) in [7, 11) is 1.91. The topological polar surface area (TPSA) is 58.4 Å². The molecule has 5 heteroatoms. The van der Waals surface area contributed by atoms with Crippen LogP contribution in [0.3, 0.4) is 0 Å². The van der Waals surface area contributed by atoms with Crippen LogP contribution in [0.4, 0.5) is 5.69 Å². The van der Waals surface area contributed by atoms with E-state index in [1.807, 2.05) is 19.2 Å². The highest BCUT2D eigenvalue weighted by molar-refractivity contribution is 9.10. The van der Waals surface area contributed by atoms with Crippen molar-refractivity contribution < 1.29 is 4.79 Å². The van der Waals surface area contributed by atoms with Gasteiger partial charge < -0.3 is 16.0 Å². The number of benzene rings is 1. The summed E-state index contributed by atoms with van der Waals surface area (Å²) in [6.07, 6.45) is 2.13. The van der Waals surface area contributed by atoms with Gasteiger partial charge in [-0.15, -0.1) is 0 Å². The molecule has 0 spiro atoms. The van der Waals surface area contributed by atoms with E-state index in [0.29, 0.717) is 0 Å². The Hall–Kier alpha value is -1.07. The van der Waals surface area contributed by atoms with E-state index in [9.17, 15) is 4.79 Å². The molecule has 0 aliphatic heterocycles. The first-order chi connectivity index (χ1) is 9.08. The highest BCUT2D eigenvalue weighted by Gasteiger charge is 2.13. The lowest BCUT2D eigenvalue weighted by atomic mass is 10.1. The second kappa shape index (κ2) is 8.17. The van der Waals surface area contributed by atoms with E-state index in [1.54, 1.807) is 0 Å². The molecule has 1 aromatic carbocycles. The standard InChI is InChI=1S/C14H22BrN3O/c1-3-4-7-18(10-14(16)19)13-6-5-12(15)8-11(13)9-17-2/h5-6,8,17H,3-4,7,9-10H2,1-2H3,(H2,16,19). The summed E-state index contributed by atoms with van der Waals surface area (Å²) >= 11 is 3.48. The number of halogens is 1. The molecule has 0 fully saturated rings. The highest BCUT2D eigenvalue weighted by Crippen LogP contribution is 2.25. The maximum Gasteiger partial charge on any atom is 0.236 e. The molecule has 19 heavy (non-hydrogen) atoms. The lowest BCUT2D eigenvalue weighted by molar-refractivity contribution is -0.116. The van der Waals surface area contributed by atoms with Crippen molar-refractivity contribution in [2.75, 3.05) is 25.0 Å². The SMILES string of the molecule is CCCCN(CC(N)=O)c1ccc(Br)cc1CNC. The van der Waals surface area contributed by atoms with E-state index in [2.05, 4.69) is 39.1 Å². The third-order valence-electron chi connectivity index (χ3n) is 2.88. The molecule has 1 rings (SSSR count). The molecule has 0 aliphatic carbocycles. The Balaban J connectivity index is 3.01. The van der Waals surface area contributed by atoms with Crippen molar-refractivity contribution in [3.8, 4) is 0 Å². The zero-order valence-corrected chi connectivity index (χ0v) is 13.2. The van der Waals surface area contributed by atoms with Gasteiger partial charge in [-0.25, -0.2) is 0 Å². The average Bonchev–Trinajstić information content (AvgIpc) is 2.35. The van der Waals surface area contributed by atoms with Crippen LogP contribution in [0.15, 0.2) is 22.7 Å². The molecule has 0 aromatic heterocycles. The van der Waals surface area contributed by atoms with Gasteiger partial charge in [0, 0.05) is 23.2 Å². The van der Waals surface area contributed by atoms with E-state index in [4.69, 9.17) is 5.73 Å². The molecule has 0 bridgehead atoms. The predicted octanol–water partition coefficient (Wildman–Crippen LogP) is 2.26. The van der Waals surface area contributed by atoms with E-state index >= 15 is 0 Å². The Morgan fingerprint density at radius 2 is 2.21 bits per heavy atom. The molecule has 1 amide bonds. The minimum atomic E-state index is -0.297. The van der Waals surface area contributed by atoms with Gasteiger partial charge in [0.25, 0.3) is 0 Å². The number of carbonyl (C=O) groups excluding carboxylic acids is 1. The second-order valence-electron chi connectivity index (χ2n) is 4.54. The van der Waals surface area contributed by atoms with Gasteiger partial charge >= 0.3 is 0 Å². The van der Waals surface area contributed by atoms with Crippen LogP contribution in [-0.4, -0.2) is 26.0 Å². The number of nitrogens with two attached hydrogens (primary N) is 1. The third kappa shape index (κ3) is 5.20. The zero-order chi connectivity index (χ0) is 14.3. The van der Waals surface area contributed by atoms with Crippen molar-refractivity contribution in [1.82, 2.24) is 5.32 Å². The Morgan fingerprint density at radius 3 is 2.79 bits per heavy atom. The van der Waals surface area contributed by atoms with Crippen molar-refractivity contribution in [2.45, 2.75) is 26.3 Å². The van der Waals surface area contributed by atoms with Crippen LogP contribution in [0.1, 0.15) is 25.3 Å². The highest BCUT2D eigenvalue weighted by atomic mass is 79.9. The number of hydrogen-bond donors (Lipinski definition) is 2. The molecule has 3 N–H and O–H groups in total. The number of hydrogen-bond acceptors (Lipinski definition) is 3. The number of anilines is 1. The molecule has 0 saturated carbocycles. The van der Waals surface area contributed by atoms with Gasteiger partial charge in [0.05, 0.1) is 6.54 Å². The summed E-state index contributed by atoms with van der Waals surface area (Å²) in [6, 6.07) is 6.11. The second-order valence-corrected chi connectivity index (χ2v) is 5.46. The van der Waals surface area contributed by atoms with Gasteiger partial charge in [0.1, 0.15) is 0 Å². The Labute approximate surface area is 123 Å². The lowest BCUT2D eigenvalue weighted by Gasteiger charge is -2.26. The number of carbonyl (C=O) groups is 1. The number of amides is 1. The quantitative estimate of drug-likeness (QED) is 0.770. The van der Waals surface area contributed by atoms with Crippen LogP contribution in [0.2, 0.25) is 0 Å². The fourth-order valence-electron chi connectivity index (χ4n) is 2.02. The summed E-state index contributed by atoms with van der Waals surface area (Å²) in [5.41, 5.74) is 7.59. The van der Waals surface area contributed by atoms with E-state index in [1.165, 1.54) is 0 Å². The van der Waals surface area contributed by atoms with Crippen LogP contribution < -0.4 is 16.0 Å². The number of primary amides is 1. The molecule has 1 aromatic rings. The molecule has 0 unspecified atom stereocenters. The van der Waals surface area contributed by atoms with Gasteiger partial charge in [0.2, 0.25) is 5.91 Å². The zero-order valence-electron chi connectivity index (χ0n) is 11.6. The van der Waals surface area contributed by atoms with Gasteiger partial charge in [-0.3, -0.25) is 4.79 Å². The maximum absolute atomic E-state index is 11.2. The fourth-order valence-corrected chi connectivity index (χ4v) is 2.42. The summed E-state index contributed by atoms with van der Waals surface area (Å²) < 4.78 is 1.04. The molecule has 106 valence electrons. The summed E-state index contributed by atoms with van der Waals surface area (Å²) in [6.45, 7) is 4.00. The van der Waals surface area contributed by atoms with Gasteiger partial charge in [0.15, 0.2) is 0 Å². The third-order valence-corrected chi connectivity index (χ3v) is 3.37. The number of rotatable bonds is 8. The van der Waals surface area contributed by atoms with E-state index < -0.39 is 0 Å². The van der Waals surface area contributed by atoms with Crippen molar-refractivity contribution in [1.29, 1.82) is 0 Å². The first-order valence-electron chi connectivity index (χ1n) is 6.54. The Morgan fingerprint density at radius 1 is 1.47 bits per heavy atom. The van der Waals surface area contributed by atoms with Crippen LogP contribution in [-0.2, 0) is 11.3 Å². The van der Waals surface area contributed by atoms with E-state index in [-0.39, 0.29) is 12.5 Å². The number of nitrogens with one attached hydrogen (secondary N) is 1. The van der Waals surface area contributed by atoms with Crippen molar-refractivity contribution in [3.05, 3.63) is 28.2 Å². The average molecular weight is 328 g/mol. The lowest BCUT2D eigenvalue weighted by Crippen LogP contribution is -2.35. The molecule has 4 nitrogen and oxygen atoms in total. The smallest absolute Gasteiger partial charge is 0.236 e. The van der Waals surface area contributed by atoms with Gasteiger partial charge in [-0.2, -0.15) is 0 Å². The molecule has 0 aliphatic rings. The molecule has 0 radical (unpaired) electrons. The first-order valence-corrected chi connectivity index (χ1v) is 7.34. The Bertz CT molecular complexity index is 423. The van der Waals surface area contributed by atoms with Crippen LogP contribution in [0.25, 0.3) is 0 Å². The molecular formula is C14H22BrN3O. The monoisotopic (exact) mass is 327 g/mol. The summed E-state index contributed by atoms with van der Waals surface area (Å²) in [5, 5.41) is 3.15. The van der Waals surface area contributed by atoms with Crippen LogP contribution in [0.5, 0.6) is 0 Å². The van der Waals surface area contributed by atoms with Crippen LogP contribution >= 0.6 is 15.9 Å². The Kier molecular flexibility index (Phi) is 6.87. The van der Waals surface area contributed by atoms with Gasteiger partial charge in [-0.1, -0.05) is 29.3 Å². The molecule has 0 saturated heterocycles. The molecular weight excluding hydrogens is 306 g/mol. The fraction of sp³-hybridized carbons (Fsp3) is 0.500. The molecule has 0 atom stereocenters. The van der Waals surface area contributed by atoms with Crippen molar-refractivity contribution >= 4 is 27.5 Å². The maximum atomic E-state index is 11.2. The van der Waals surface area contributed by atoms with Crippen molar-refractivity contribution in [2.24, 2.45) is 5.73 Å². The largest absolute Gasteiger partial charge is 0.368 e. The van der Waals surface area contributed by atoms with E-state index in [0.717, 1.165) is 41.7 Å². The number of nitrogens with zero attached hydrogens (tertiary/aromatic N) is 1. The summed E-state index contributed by atoms with van der Waals surface area (Å²) in [5.74, 6) is -0.297. The minimum absolute atomic E-state index is 0.262. The predicted molar refractivity (Wildman–Crippen MR) is 83.2 cm³/mol. The minimum Gasteiger partial charge on any atom is -0.368 e. The van der Waals surface area contributed by atoms with Crippen LogP contribution in [0, 0.1) is 0 Å². The normalized spacial score (nSPS) is 10.5. The van der Waals surface area contributed by atoms with Gasteiger partial charge in [-0.05, 0) is 37.2 Å². The van der Waals surface area contributed by atoms with Crippen molar-refractivity contribution in [3.63, 3.8) is 0 Å². The summed E-state index contributed by atoms with van der Waals surface area (Å²) in [4.78, 5) is 13.3. The molecule has 0 heterocycles. The first kappa shape index (κ1) is 16.0. The number of unbranched alkanes of at least 4 members (excludes halogenated alkanes) is 1.